The molecule has 17 heavy (non-hydrogen) atoms. The molecule has 0 aliphatic carbocycles. The second-order valence-electron chi connectivity index (χ2n) is 5.20. The van der Waals surface area contributed by atoms with Gasteiger partial charge in [-0.1, -0.05) is 33.6 Å². The Morgan fingerprint density at radius 1 is 1.53 bits per heavy atom. The van der Waals surface area contributed by atoms with Crippen molar-refractivity contribution in [1.82, 2.24) is 14.9 Å². The van der Waals surface area contributed by atoms with E-state index in [4.69, 9.17) is 4.98 Å². The fourth-order valence-electron chi connectivity index (χ4n) is 2.58. The summed E-state index contributed by atoms with van der Waals surface area (Å²) in [6.45, 7) is 9.03. The molecule has 96 valence electrons. The van der Waals surface area contributed by atoms with E-state index < -0.39 is 0 Å². The summed E-state index contributed by atoms with van der Waals surface area (Å²) < 4.78 is 2.38. The van der Waals surface area contributed by atoms with Crippen LogP contribution in [0.3, 0.4) is 0 Å². The molecule has 2 unspecified atom stereocenters. The number of hydrogen-bond donors (Lipinski definition) is 1. The van der Waals surface area contributed by atoms with Crippen LogP contribution < -0.4 is 5.32 Å². The summed E-state index contributed by atoms with van der Waals surface area (Å²) in [5.74, 6) is 1.92. The van der Waals surface area contributed by atoms with E-state index in [1.165, 1.54) is 30.8 Å². The summed E-state index contributed by atoms with van der Waals surface area (Å²) in [4.78, 5) is 4.85. The van der Waals surface area contributed by atoms with Gasteiger partial charge in [-0.25, -0.2) is 4.98 Å². The molecule has 1 aliphatic heterocycles. The highest BCUT2D eigenvalue weighted by Gasteiger charge is 2.24. The quantitative estimate of drug-likeness (QED) is 0.869. The van der Waals surface area contributed by atoms with E-state index >= 15 is 0 Å². The average molecular weight is 235 g/mol. The molecule has 0 spiro atoms. The van der Waals surface area contributed by atoms with Crippen LogP contribution in [0.25, 0.3) is 0 Å². The van der Waals surface area contributed by atoms with Crippen molar-refractivity contribution in [2.45, 2.75) is 59.0 Å². The van der Waals surface area contributed by atoms with Gasteiger partial charge in [0.1, 0.15) is 5.82 Å². The first-order chi connectivity index (χ1) is 8.26. The lowest BCUT2D eigenvalue weighted by atomic mass is 9.98. The van der Waals surface area contributed by atoms with E-state index in [0.717, 1.165) is 19.5 Å². The zero-order chi connectivity index (χ0) is 12.3. The molecule has 0 radical (unpaired) electrons. The van der Waals surface area contributed by atoms with Gasteiger partial charge in [0, 0.05) is 12.7 Å². The van der Waals surface area contributed by atoms with Gasteiger partial charge in [0.05, 0.1) is 11.7 Å². The van der Waals surface area contributed by atoms with Crippen LogP contribution in [-0.2, 0) is 13.0 Å². The van der Waals surface area contributed by atoms with E-state index in [-0.39, 0.29) is 0 Å². The number of fused-ring (bicyclic) bond motifs is 1. The highest BCUT2D eigenvalue weighted by Crippen LogP contribution is 2.26. The molecule has 0 bridgehead atoms. The van der Waals surface area contributed by atoms with E-state index in [0.29, 0.717) is 12.0 Å². The topological polar surface area (TPSA) is 29.9 Å². The minimum atomic E-state index is 0.438. The van der Waals surface area contributed by atoms with Gasteiger partial charge in [-0.2, -0.15) is 0 Å². The third-order valence-electron chi connectivity index (χ3n) is 3.79. The third kappa shape index (κ3) is 2.71. The molecule has 1 aromatic rings. The first-order valence-electron chi connectivity index (χ1n) is 7.05. The van der Waals surface area contributed by atoms with Crippen molar-refractivity contribution in [1.29, 1.82) is 0 Å². The number of nitrogens with one attached hydrogen (secondary N) is 1. The Bertz CT molecular complexity index is 356. The minimum absolute atomic E-state index is 0.438. The van der Waals surface area contributed by atoms with Crippen molar-refractivity contribution in [3.05, 3.63) is 17.7 Å². The standard InChI is InChI=1S/C14H25N3/c1-4-7-12-10-17-9-6-8-15-13(11(3)5-2)14(17)16-12/h10-11,13,15H,4-9H2,1-3H3. The van der Waals surface area contributed by atoms with E-state index in [9.17, 15) is 0 Å². The molecule has 0 saturated carbocycles. The Morgan fingerprint density at radius 2 is 2.35 bits per heavy atom. The summed E-state index contributed by atoms with van der Waals surface area (Å²) in [5.41, 5.74) is 1.26. The predicted octanol–water partition coefficient (Wildman–Crippen LogP) is 2.92. The molecule has 2 heterocycles. The number of imidazole rings is 1. The number of aryl methyl sites for hydroxylation is 2. The van der Waals surface area contributed by atoms with Crippen LogP contribution in [0.1, 0.15) is 57.6 Å². The van der Waals surface area contributed by atoms with Gasteiger partial charge >= 0.3 is 0 Å². The lowest BCUT2D eigenvalue weighted by Crippen LogP contribution is -2.27. The Morgan fingerprint density at radius 3 is 3.06 bits per heavy atom. The van der Waals surface area contributed by atoms with Gasteiger partial charge in [-0.3, -0.25) is 0 Å². The second-order valence-corrected chi connectivity index (χ2v) is 5.20. The fourth-order valence-corrected chi connectivity index (χ4v) is 2.58. The molecule has 0 aromatic carbocycles. The van der Waals surface area contributed by atoms with Crippen molar-refractivity contribution in [3.8, 4) is 0 Å². The molecule has 1 aromatic heterocycles. The number of nitrogens with zero attached hydrogens (tertiary/aromatic N) is 2. The van der Waals surface area contributed by atoms with Crippen molar-refractivity contribution in [2.24, 2.45) is 5.92 Å². The van der Waals surface area contributed by atoms with Crippen molar-refractivity contribution in [3.63, 3.8) is 0 Å². The van der Waals surface area contributed by atoms with Crippen molar-refractivity contribution < 1.29 is 0 Å². The molecule has 1 N–H and O–H groups in total. The fraction of sp³-hybridized carbons (Fsp3) is 0.786. The predicted molar refractivity (Wildman–Crippen MR) is 71.0 cm³/mol. The minimum Gasteiger partial charge on any atom is -0.333 e. The second kappa shape index (κ2) is 5.67. The van der Waals surface area contributed by atoms with Gasteiger partial charge in [0.15, 0.2) is 0 Å². The summed E-state index contributed by atoms with van der Waals surface area (Å²) in [6, 6.07) is 0.438. The van der Waals surface area contributed by atoms with Gasteiger partial charge in [-0.05, 0) is 25.3 Å². The van der Waals surface area contributed by atoms with Crippen LogP contribution in [0.4, 0.5) is 0 Å². The van der Waals surface area contributed by atoms with Crippen LogP contribution in [0, 0.1) is 5.92 Å². The van der Waals surface area contributed by atoms with Crippen LogP contribution >= 0.6 is 0 Å². The molecule has 3 nitrogen and oxygen atoms in total. The molecular weight excluding hydrogens is 210 g/mol. The number of aromatic nitrogens is 2. The zero-order valence-corrected chi connectivity index (χ0v) is 11.4. The molecule has 2 atom stereocenters. The lowest BCUT2D eigenvalue weighted by Gasteiger charge is -2.21. The normalized spacial score (nSPS) is 21.9. The molecule has 3 heteroatoms. The summed E-state index contributed by atoms with van der Waals surface area (Å²) in [7, 11) is 0. The van der Waals surface area contributed by atoms with Gasteiger partial charge in [0.2, 0.25) is 0 Å². The van der Waals surface area contributed by atoms with Crippen molar-refractivity contribution in [2.75, 3.05) is 6.54 Å². The SMILES string of the molecule is CCCc1cn2c(n1)C(C(C)CC)NCCC2. The smallest absolute Gasteiger partial charge is 0.126 e. The highest BCUT2D eigenvalue weighted by atomic mass is 15.1. The van der Waals surface area contributed by atoms with Crippen LogP contribution in [-0.4, -0.2) is 16.1 Å². The molecule has 2 rings (SSSR count). The summed E-state index contributed by atoms with van der Waals surface area (Å²) in [5, 5.41) is 3.66. The Hall–Kier alpha value is -0.830. The molecule has 0 amide bonds. The maximum atomic E-state index is 4.85. The maximum absolute atomic E-state index is 4.85. The van der Waals surface area contributed by atoms with Gasteiger partial charge < -0.3 is 9.88 Å². The van der Waals surface area contributed by atoms with Crippen LogP contribution in [0.5, 0.6) is 0 Å². The van der Waals surface area contributed by atoms with Crippen LogP contribution in [0.15, 0.2) is 6.20 Å². The van der Waals surface area contributed by atoms with E-state index in [2.05, 4.69) is 36.9 Å². The number of hydrogen-bond acceptors (Lipinski definition) is 2. The molecular formula is C14H25N3. The van der Waals surface area contributed by atoms with Gasteiger partial charge in [0.25, 0.3) is 0 Å². The van der Waals surface area contributed by atoms with Gasteiger partial charge in [-0.15, -0.1) is 0 Å². The first kappa shape index (κ1) is 12.6. The summed E-state index contributed by atoms with van der Waals surface area (Å²) >= 11 is 0. The number of rotatable bonds is 4. The molecule has 0 fully saturated rings. The summed E-state index contributed by atoms with van der Waals surface area (Å²) in [6.07, 6.45) is 6.96. The third-order valence-corrected chi connectivity index (χ3v) is 3.79. The largest absolute Gasteiger partial charge is 0.333 e. The van der Waals surface area contributed by atoms with E-state index in [1.807, 2.05) is 0 Å². The Labute approximate surface area is 105 Å². The average Bonchev–Trinajstić information content (AvgIpc) is 2.62. The highest BCUT2D eigenvalue weighted by molar-refractivity contribution is 5.10. The monoisotopic (exact) mass is 235 g/mol. The van der Waals surface area contributed by atoms with Crippen molar-refractivity contribution >= 4 is 0 Å². The zero-order valence-electron chi connectivity index (χ0n) is 11.4. The first-order valence-corrected chi connectivity index (χ1v) is 7.05. The Balaban J connectivity index is 2.26. The Kier molecular flexibility index (Phi) is 4.21. The molecule has 1 aliphatic rings. The van der Waals surface area contributed by atoms with E-state index in [1.54, 1.807) is 0 Å². The molecule has 0 saturated heterocycles. The van der Waals surface area contributed by atoms with Crippen LogP contribution in [0.2, 0.25) is 0 Å². The maximum Gasteiger partial charge on any atom is 0.126 e. The lowest BCUT2D eigenvalue weighted by molar-refractivity contribution is 0.370.